The normalized spacial score (nSPS) is 27.0. The van der Waals surface area contributed by atoms with Crippen molar-refractivity contribution in [2.45, 2.75) is 58.7 Å². The molecule has 2 fully saturated rings. The van der Waals surface area contributed by atoms with Crippen LogP contribution in [0.4, 0.5) is 0 Å². The number of guanidine groups is 1. The smallest absolute Gasteiger partial charge is 0.191 e. The van der Waals surface area contributed by atoms with E-state index in [4.69, 9.17) is 0 Å². The van der Waals surface area contributed by atoms with E-state index in [2.05, 4.69) is 53.1 Å². The molecule has 0 aromatic rings. The first kappa shape index (κ1) is 17.5. The van der Waals surface area contributed by atoms with E-state index in [1.807, 2.05) is 7.05 Å². The van der Waals surface area contributed by atoms with Gasteiger partial charge in [-0.25, -0.2) is 0 Å². The van der Waals surface area contributed by atoms with Gasteiger partial charge in [-0.15, -0.1) is 0 Å². The summed E-state index contributed by atoms with van der Waals surface area (Å²) >= 11 is 0. The number of nitrogens with zero attached hydrogens (tertiary/aromatic N) is 3. The molecule has 5 heteroatoms. The Bertz CT molecular complexity index is 364. The molecule has 2 unspecified atom stereocenters. The van der Waals surface area contributed by atoms with E-state index in [0.29, 0.717) is 18.0 Å². The summed E-state index contributed by atoms with van der Waals surface area (Å²) in [5.74, 6) is 1.62. The topological polar surface area (TPSA) is 42.9 Å². The molecule has 1 heterocycles. The standard InChI is InChI=1S/C17H35N5/c1-6-21(15-7-8-15)10-9-19-17(18-5)20-16-12-22(13(2)3)11-14(16)4/h13-16H,6-12H2,1-5H3,(H2,18,19,20). The molecule has 2 N–H and O–H groups in total. The lowest BCUT2D eigenvalue weighted by atomic mass is 10.1. The molecule has 1 saturated heterocycles. The molecule has 0 spiro atoms. The number of hydrogen-bond acceptors (Lipinski definition) is 3. The third kappa shape index (κ3) is 4.85. The molecule has 5 nitrogen and oxygen atoms in total. The summed E-state index contributed by atoms with van der Waals surface area (Å²) in [6.45, 7) is 14.7. The summed E-state index contributed by atoms with van der Waals surface area (Å²) in [5.41, 5.74) is 0. The van der Waals surface area contributed by atoms with Crippen LogP contribution in [0.25, 0.3) is 0 Å². The Morgan fingerprint density at radius 1 is 1.32 bits per heavy atom. The summed E-state index contributed by atoms with van der Waals surface area (Å²) in [7, 11) is 1.87. The zero-order valence-corrected chi connectivity index (χ0v) is 15.1. The molecule has 128 valence electrons. The van der Waals surface area contributed by atoms with E-state index in [1.54, 1.807) is 0 Å². The molecule has 0 aromatic heterocycles. The Balaban J connectivity index is 1.73. The Hall–Kier alpha value is -0.810. The van der Waals surface area contributed by atoms with Crippen LogP contribution in [-0.4, -0.2) is 73.7 Å². The minimum atomic E-state index is 0.499. The second kappa shape index (κ2) is 8.16. The van der Waals surface area contributed by atoms with Crippen molar-refractivity contribution in [2.24, 2.45) is 10.9 Å². The maximum absolute atomic E-state index is 4.40. The van der Waals surface area contributed by atoms with Gasteiger partial charge in [-0.2, -0.15) is 0 Å². The van der Waals surface area contributed by atoms with Gasteiger partial charge in [-0.3, -0.25) is 14.8 Å². The van der Waals surface area contributed by atoms with Crippen molar-refractivity contribution in [3.8, 4) is 0 Å². The van der Waals surface area contributed by atoms with Crippen molar-refractivity contribution in [3.63, 3.8) is 0 Å². The van der Waals surface area contributed by atoms with Gasteiger partial charge < -0.3 is 10.6 Å². The van der Waals surface area contributed by atoms with Crippen molar-refractivity contribution >= 4 is 5.96 Å². The van der Waals surface area contributed by atoms with E-state index >= 15 is 0 Å². The molecular weight excluding hydrogens is 274 g/mol. The van der Waals surface area contributed by atoms with Gasteiger partial charge in [0.2, 0.25) is 0 Å². The maximum atomic E-state index is 4.40. The number of likely N-dealkylation sites (tertiary alicyclic amines) is 1. The van der Waals surface area contributed by atoms with Crippen LogP contribution in [0.3, 0.4) is 0 Å². The third-order valence-corrected chi connectivity index (χ3v) is 5.08. The highest BCUT2D eigenvalue weighted by atomic mass is 15.3. The minimum Gasteiger partial charge on any atom is -0.355 e. The summed E-state index contributed by atoms with van der Waals surface area (Å²) in [4.78, 5) is 9.51. The summed E-state index contributed by atoms with van der Waals surface area (Å²) < 4.78 is 0. The van der Waals surface area contributed by atoms with Gasteiger partial charge in [0, 0.05) is 51.4 Å². The van der Waals surface area contributed by atoms with Crippen molar-refractivity contribution in [3.05, 3.63) is 0 Å². The molecule has 0 amide bonds. The molecule has 1 aliphatic heterocycles. The molecule has 2 aliphatic rings. The van der Waals surface area contributed by atoms with Crippen LogP contribution < -0.4 is 10.6 Å². The van der Waals surface area contributed by atoms with Gasteiger partial charge in [0.05, 0.1) is 0 Å². The molecule has 1 aliphatic carbocycles. The van der Waals surface area contributed by atoms with Crippen molar-refractivity contribution in [2.75, 3.05) is 39.8 Å². The molecule has 0 bridgehead atoms. The van der Waals surface area contributed by atoms with E-state index in [-0.39, 0.29) is 0 Å². The first-order valence-electron chi connectivity index (χ1n) is 9.00. The van der Waals surface area contributed by atoms with Crippen LogP contribution in [0.15, 0.2) is 4.99 Å². The second-order valence-electron chi connectivity index (χ2n) is 7.13. The number of nitrogens with one attached hydrogen (secondary N) is 2. The predicted molar refractivity (Wildman–Crippen MR) is 94.4 cm³/mol. The van der Waals surface area contributed by atoms with E-state index < -0.39 is 0 Å². The van der Waals surface area contributed by atoms with Crippen molar-refractivity contribution < 1.29 is 0 Å². The van der Waals surface area contributed by atoms with E-state index in [0.717, 1.165) is 38.2 Å². The fourth-order valence-electron chi connectivity index (χ4n) is 3.34. The maximum Gasteiger partial charge on any atom is 0.191 e. The van der Waals surface area contributed by atoms with Crippen LogP contribution in [0.5, 0.6) is 0 Å². The predicted octanol–water partition coefficient (Wildman–Crippen LogP) is 1.36. The largest absolute Gasteiger partial charge is 0.355 e. The highest BCUT2D eigenvalue weighted by Gasteiger charge is 2.31. The SMILES string of the molecule is CCN(CCNC(=NC)NC1CN(C(C)C)CC1C)C1CC1. The first-order chi connectivity index (χ1) is 10.5. The van der Waals surface area contributed by atoms with Gasteiger partial charge in [0.25, 0.3) is 0 Å². The van der Waals surface area contributed by atoms with Gasteiger partial charge in [-0.1, -0.05) is 13.8 Å². The number of likely N-dealkylation sites (N-methyl/N-ethyl adjacent to an activating group) is 1. The highest BCUT2D eigenvalue weighted by molar-refractivity contribution is 5.80. The first-order valence-corrected chi connectivity index (χ1v) is 9.00. The van der Waals surface area contributed by atoms with Crippen LogP contribution >= 0.6 is 0 Å². The zero-order chi connectivity index (χ0) is 16.1. The summed E-state index contributed by atoms with van der Waals surface area (Å²) in [6, 6.07) is 1.97. The molecule has 0 radical (unpaired) electrons. The van der Waals surface area contributed by atoms with Gasteiger partial charge in [-0.05, 0) is 39.2 Å². The summed E-state index contributed by atoms with van der Waals surface area (Å²) in [5, 5.41) is 7.10. The van der Waals surface area contributed by atoms with E-state index in [9.17, 15) is 0 Å². The molecule has 22 heavy (non-hydrogen) atoms. The zero-order valence-electron chi connectivity index (χ0n) is 15.1. The van der Waals surface area contributed by atoms with Crippen LogP contribution in [-0.2, 0) is 0 Å². The van der Waals surface area contributed by atoms with Crippen LogP contribution in [0, 0.1) is 5.92 Å². The Morgan fingerprint density at radius 2 is 2.05 bits per heavy atom. The molecular formula is C17H35N5. The van der Waals surface area contributed by atoms with Crippen LogP contribution in [0.1, 0.15) is 40.5 Å². The molecule has 2 rings (SSSR count). The van der Waals surface area contributed by atoms with Gasteiger partial charge in [0.15, 0.2) is 5.96 Å². The van der Waals surface area contributed by atoms with Gasteiger partial charge in [0.1, 0.15) is 0 Å². The average molecular weight is 310 g/mol. The lowest BCUT2D eigenvalue weighted by molar-refractivity contribution is 0.265. The van der Waals surface area contributed by atoms with Crippen molar-refractivity contribution in [1.82, 2.24) is 20.4 Å². The molecule has 2 atom stereocenters. The van der Waals surface area contributed by atoms with Gasteiger partial charge >= 0.3 is 0 Å². The monoisotopic (exact) mass is 309 g/mol. The number of aliphatic imine (C=N–C) groups is 1. The Morgan fingerprint density at radius 3 is 2.55 bits per heavy atom. The summed E-state index contributed by atoms with van der Waals surface area (Å²) in [6.07, 6.45) is 2.76. The highest BCUT2D eigenvalue weighted by Crippen LogP contribution is 2.25. The molecule has 1 saturated carbocycles. The Kier molecular flexibility index (Phi) is 6.50. The lowest BCUT2D eigenvalue weighted by Crippen LogP contribution is -2.48. The average Bonchev–Trinajstić information content (AvgIpc) is 3.26. The third-order valence-electron chi connectivity index (χ3n) is 5.08. The Labute approximate surface area is 136 Å². The van der Waals surface area contributed by atoms with Crippen LogP contribution in [0.2, 0.25) is 0 Å². The number of hydrogen-bond donors (Lipinski definition) is 2. The lowest BCUT2D eigenvalue weighted by Gasteiger charge is -2.23. The van der Waals surface area contributed by atoms with E-state index in [1.165, 1.54) is 19.4 Å². The molecule has 0 aromatic carbocycles. The minimum absolute atomic E-state index is 0.499. The fourth-order valence-corrected chi connectivity index (χ4v) is 3.34. The second-order valence-corrected chi connectivity index (χ2v) is 7.13. The fraction of sp³-hybridized carbons (Fsp3) is 0.941. The van der Waals surface area contributed by atoms with Crippen molar-refractivity contribution in [1.29, 1.82) is 0 Å². The quantitative estimate of drug-likeness (QED) is 0.550. The number of rotatable bonds is 7.